The van der Waals surface area contributed by atoms with Crippen molar-refractivity contribution in [2.75, 3.05) is 37.2 Å². The topological polar surface area (TPSA) is 87.5 Å². The Balaban J connectivity index is 0.00000242. The number of carbonyl (C=O) groups is 2. The number of carbonyl (C=O) groups excluding carboxylic acids is 2. The van der Waals surface area contributed by atoms with E-state index in [0.717, 1.165) is 26.2 Å². The molecule has 7 nitrogen and oxygen atoms in total. The minimum absolute atomic E-state index is 0. The standard InChI is InChI=1S/C13H20N4O3S.ClH/c1-9-7-11(16-20-9)15-13(19)10(2)21-8-12(18)17-5-3-14-4-6-17;/h7,10,14H,3-6,8H2,1-2H3,(H,15,16,19);1H. The second kappa shape index (κ2) is 9.02. The van der Waals surface area contributed by atoms with Crippen molar-refractivity contribution in [1.82, 2.24) is 15.4 Å². The van der Waals surface area contributed by atoms with Crippen LogP contribution in [0.1, 0.15) is 12.7 Å². The highest BCUT2D eigenvalue weighted by molar-refractivity contribution is 8.01. The van der Waals surface area contributed by atoms with Crippen LogP contribution < -0.4 is 10.6 Å². The van der Waals surface area contributed by atoms with Crippen molar-refractivity contribution in [3.63, 3.8) is 0 Å². The summed E-state index contributed by atoms with van der Waals surface area (Å²) in [5.74, 6) is 1.25. The normalized spacial score (nSPS) is 15.8. The molecule has 1 aliphatic heterocycles. The summed E-state index contributed by atoms with van der Waals surface area (Å²) < 4.78 is 4.88. The maximum Gasteiger partial charge on any atom is 0.238 e. The van der Waals surface area contributed by atoms with E-state index < -0.39 is 0 Å². The Hall–Kier alpha value is -1.25. The number of aryl methyl sites for hydroxylation is 1. The Bertz CT molecular complexity index is 505. The molecular formula is C13H21ClN4O3S. The predicted octanol–water partition coefficient (Wildman–Crippen LogP) is 0.897. The van der Waals surface area contributed by atoms with Gasteiger partial charge in [-0.3, -0.25) is 9.59 Å². The summed E-state index contributed by atoms with van der Waals surface area (Å²) in [5.41, 5.74) is 0. The van der Waals surface area contributed by atoms with Gasteiger partial charge in [0, 0.05) is 32.2 Å². The van der Waals surface area contributed by atoms with Gasteiger partial charge >= 0.3 is 0 Å². The van der Waals surface area contributed by atoms with E-state index in [4.69, 9.17) is 4.52 Å². The summed E-state index contributed by atoms with van der Waals surface area (Å²) in [7, 11) is 0. The molecule has 1 aromatic heterocycles. The summed E-state index contributed by atoms with van der Waals surface area (Å²) in [6.45, 7) is 6.66. The van der Waals surface area contributed by atoms with Crippen molar-refractivity contribution in [2.24, 2.45) is 0 Å². The number of thioether (sulfide) groups is 1. The van der Waals surface area contributed by atoms with Crippen LogP contribution in [0, 0.1) is 6.92 Å². The number of hydrogen-bond acceptors (Lipinski definition) is 6. The van der Waals surface area contributed by atoms with Gasteiger partial charge in [0.15, 0.2) is 5.82 Å². The average Bonchev–Trinajstić information content (AvgIpc) is 2.90. The molecule has 2 rings (SSSR count). The molecule has 124 valence electrons. The molecule has 0 bridgehead atoms. The quantitative estimate of drug-likeness (QED) is 0.822. The molecule has 0 spiro atoms. The van der Waals surface area contributed by atoms with Crippen molar-refractivity contribution in [3.8, 4) is 0 Å². The third kappa shape index (κ3) is 5.51. The van der Waals surface area contributed by atoms with Gasteiger partial charge in [0.05, 0.1) is 11.0 Å². The zero-order chi connectivity index (χ0) is 15.2. The molecule has 2 amide bonds. The monoisotopic (exact) mass is 348 g/mol. The zero-order valence-electron chi connectivity index (χ0n) is 12.6. The van der Waals surface area contributed by atoms with Gasteiger partial charge in [0.1, 0.15) is 5.76 Å². The average molecular weight is 349 g/mol. The molecule has 1 fully saturated rings. The van der Waals surface area contributed by atoms with Crippen molar-refractivity contribution < 1.29 is 14.1 Å². The van der Waals surface area contributed by atoms with Gasteiger partial charge in [-0.1, -0.05) is 5.16 Å². The number of anilines is 1. The third-order valence-electron chi connectivity index (χ3n) is 3.17. The maximum atomic E-state index is 12.0. The number of amides is 2. The van der Waals surface area contributed by atoms with Crippen LogP contribution in [0.25, 0.3) is 0 Å². The van der Waals surface area contributed by atoms with Gasteiger partial charge in [0.2, 0.25) is 11.8 Å². The highest BCUT2D eigenvalue weighted by Crippen LogP contribution is 2.15. The van der Waals surface area contributed by atoms with Crippen LogP contribution >= 0.6 is 24.2 Å². The molecule has 2 heterocycles. The van der Waals surface area contributed by atoms with Crippen molar-refractivity contribution in [2.45, 2.75) is 19.1 Å². The molecule has 1 saturated heterocycles. The number of nitrogens with zero attached hydrogens (tertiary/aromatic N) is 2. The SMILES string of the molecule is Cc1cc(NC(=O)C(C)SCC(=O)N2CCNCC2)no1.Cl. The molecule has 1 aliphatic rings. The smallest absolute Gasteiger partial charge is 0.238 e. The number of rotatable bonds is 5. The summed E-state index contributed by atoms with van der Waals surface area (Å²) in [6, 6.07) is 1.65. The first-order valence-corrected chi connectivity index (χ1v) is 7.95. The van der Waals surface area contributed by atoms with E-state index in [0.29, 0.717) is 17.3 Å². The van der Waals surface area contributed by atoms with Crippen LogP contribution in [0.15, 0.2) is 10.6 Å². The number of aromatic nitrogens is 1. The lowest BCUT2D eigenvalue weighted by molar-refractivity contribution is -0.128. The lowest BCUT2D eigenvalue weighted by atomic mass is 10.3. The first-order chi connectivity index (χ1) is 10.1. The number of piperazine rings is 1. The maximum absolute atomic E-state index is 12.0. The van der Waals surface area contributed by atoms with E-state index in [1.807, 2.05) is 4.90 Å². The largest absolute Gasteiger partial charge is 0.360 e. The Labute approximate surface area is 139 Å². The number of nitrogens with one attached hydrogen (secondary N) is 2. The summed E-state index contributed by atoms with van der Waals surface area (Å²) in [5, 5.41) is 9.25. The van der Waals surface area contributed by atoms with Crippen LogP contribution in [-0.4, -0.2) is 59.1 Å². The fourth-order valence-corrected chi connectivity index (χ4v) is 2.72. The van der Waals surface area contributed by atoms with Gasteiger partial charge < -0.3 is 20.1 Å². The lowest BCUT2D eigenvalue weighted by Crippen LogP contribution is -2.47. The molecule has 9 heteroatoms. The van der Waals surface area contributed by atoms with Crippen LogP contribution in [0.3, 0.4) is 0 Å². The van der Waals surface area contributed by atoms with Gasteiger partial charge in [0.25, 0.3) is 0 Å². The van der Waals surface area contributed by atoms with Crippen molar-refractivity contribution in [1.29, 1.82) is 0 Å². The first-order valence-electron chi connectivity index (χ1n) is 6.90. The minimum Gasteiger partial charge on any atom is -0.360 e. The fraction of sp³-hybridized carbons (Fsp3) is 0.615. The second-order valence-corrected chi connectivity index (χ2v) is 6.23. The molecule has 1 atom stereocenters. The summed E-state index contributed by atoms with van der Waals surface area (Å²) in [4.78, 5) is 25.8. The Morgan fingerprint density at radius 2 is 2.18 bits per heavy atom. The lowest BCUT2D eigenvalue weighted by Gasteiger charge is -2.27. The Kier molecular flexibility index (Phi) is 7.70. The number of hydrogen-bond donors (Lipinski definition) is 2. The Morgan fingerprint density at radius 1 is 1.50 bits per heavy atom. The van der Waals surface area contributed by atoms with E-state index in [2.05, 4.69) is 15.8 Å². The second-order valence-electron chi connectivity index (χ2n) is 4.90. The van der Waals surface area contributed by atoms with Crippen molar-refractivity contribution in [3.05, 3.63) is 11.8 Å². The Morgan fingerprint density at radius 3 is 2.77 bits per heavy atom. The zero-order valence-corrected chi connectivity index (χ0v) is 14.3. The molecule has 0 aromatic carbocycles. The molecule has 1 unspecified atom stereocenters. The van der Waals surface area contributed by atoms with Crippen LogP contribution in [-0.2, 0) is 9.59 Å². The van der Waals surface area contributed by atoms with E-state index in [1.54, 1.807) is 19.9 Å². The third-order valence-corrected chi connectivity index (χ3v) is 4.30. The first kappa shape index (κ1) is 18.8. The van der Waals surface area contributed by atoms with E-state index >= 15 is 0 Å². The molecular weight excluding hydrogens is 328 g/mol. The molecule has 2 N–H and O–H groups in total. The molecule has 0 saturated carbocycles. The molecule has 0 radical (unpaired) electrons. The van der Waals surface area contributed by atoms with E-state index in [9.17, 15) is 9.59 Å². The highest BCUT2D eigenvalue weighted by atomic mass is 35.5. The summed E-state index contributed by atoms with van der Waals surface area (Å²) in [6.07, 6.45) is 0. The van der Waals surface area contributed by atoms with Gasteiger partial charge in [-0.15, -0.1) is 24.2 Å². The molecule has 1 aromatic rings. The van der Waals surface area contributed by atoms with E-state index in [-0.39, 0.29) is 29.5 Å². The van der Waals surface area contributed by atoms with Crippen molar-refractivity contribution >= 4 is 41.8 Å². The van der Waals surface area contributed by atoms with E-state index in [1.165, 1.54) is 11.8 Å². The van der Waals surface area contributed by atoms with Gasteiger partial charge in [-0.2, -0.15) is 0 Å². The molecule has 22 heavy (non-hydrogen) atoms. The molecule has 0 aliphatic carbocycles. The van der Waals surface area contributed by atoms with Crippen LogP contribution in [0.4, 0.5) is 5.82 Å². The number of halogens is 1. The van der Waals surface area contributed by atoms with Gasteiger partial charge in [-0.25, -0.2) is 0 Å². The highest BCUT2D eigenvalue weighted by Gasteiger charge is 2.20. The fourth-order valence-electron chi connectivity index (χ4n) is 1.93. The summed E-state index contributed by atoms with van der Waals surface area (Å²) >= 11 is 1.33. The van der Waals surface area contributed by atoms with Gasteiger partial charge in [-0.05, 0) is 13.8 Å². The minimum atomic E-state index is -0.325. The predicted molar refractivity (Wildman–Crippen MR) is 88.5 cm³/mol. The van der Waals surface area contributed by atoms with Crippen LogP contribution in [0.2, 0.25) is 0 Å². The van der Waals surface area contributed by atoms with Crippen LogP contribution in [0.5, 0.6) is 0 Å².